The van der Waals surface area contributed by atoms with E-state index in [1.54, 1.807) is 42.5 Å². The van der Waals surface area contributed by atoms with Crippen molar-refractivity contribution in [2.24, 2.45) is 0 Å². The van der Waals surface area contributed by atoms with Crippen LogP contribution < -0.4 is 9.64 Å². The number of carboxylic acids is 1. The van der Waals surface area contributed by atoms with Crippen LogP contribution in [0.3, 0.4) is 0 Å². The number of hydrogen-bond acceptors (Lipinski definition) is 3. The van der Waals surface area contributed by atoms with Crippen molar-refractivity contribution in [1.82, 2.24) is 0 Å². The van der Waals surface area contributed by atoms with Crippen molar-refractivity contribution in [2.45, 2.75) is 32.8 Å². The molecule has 2 rings (SSSR count). The molecule has 138 valence electrons. The predicted octanol–water partition coefficient (Wildman–Crippen LogP) is 4.64. The van der Waals surface area contributed by atoms with E-state index in [-0.39, 0.29) is 25.0 Å². The van der Waals surface area contributed by atoms with E-state index >= 15 is 0 Å². The minimum atomic E-state index is -0.896. The van der Waals surface area contributed by atoms with Gasteiger partial charge in [0.15, 0.2) is 0 Å². The van der Waals surface area contributed by atoms with Crippen molar-refractivity contribution >= 4 is 29.2 Å². The first-order chi connectivity index (χ1) is 12.4. The topological polar surface area (TPSA) is 66.8 Å². The highest BCUT2D eigenvalue weighted by Crippen LogP contribution is 2.26. The fourth-order valence-corrected chi connectivity index (χ4v) is 2.73. The van der Waals surface area contributed by atoms with Crippen LogP contribution in [-0.2, 0) is 4.79 Å². The van der Waals surface area contributed by atoms with Gasteiger partial charge in [-0.25, -0.2) is 0 Å². The maximum atomic E-state index is 13.0. The zero-order chi connectivity index (χ0) is 19.1. The number of nitrogens with zero attached hydrogens (tertiary/aromatic N) is 1. The zero-order valence-electron chi connectivity index (χ0n) is 14.8. The van der Waals surface area contributed by atoms with E-state index in [2.05, 4.69) is 0 Å². The molecule has 6 heteroatoms. The van der Waals surface area contributed by atoms with E-state index in [4.69, 9.17) is 21.4 Å². The summed E-state index contributed by atoms with van der Waals surface area (Å²) in [7, 11) is 0. The molecule has 0 fully saturated rings. The Balaban J connectivity index is 2.33. The third-order valence-electron chi connectivity index (χ3n) is 3.62. The van der Waals surface area contributed by atoms with E-state index < -0.39 is 5.97 Å². The monoisotopic (exact) mass is 375 g/mol. The molecule has 0 heterocycles. The summed E-state index contributed by atoms with van der Waals surface area (Å²) >= 11 is 6.17. The van der Waals surface area contributed by atoms with Crippen LogP contribution in [0.15, 0.2) is 48.5 Å². The van der Waals surface area contributed by atoms with Crippen LogP contribution >= 0.6 is 11.6 Å². The third kappa shape index (κ3) is 5.49. The molecule has 0 radical (unpaired) electrons. The molecule has 0 aliphatic carbocycles. The number of rotatable bonds is 8. The van der Waals surface area contributed by atoms with Gasteiger partial charge in [0.05, 0.1) is 16.7 Å². The van der Waals surface area contributed by atoms with Gasteiger partial charge in [-0.2, -0.15) is 0 Å². The van der Waals surface area contributed by atoms with Crippen LogP contribution in [0.25, 0.3) is 0 Å². The molecule has 0 saturated carbocycles. The van der Waals surface area contributed by atoms with Crippen LogP contribution in [-0.4, -0.2) is 29.6 Å². The number of carboxylic acid groups (broad SMARTS) is 1. The van der Waals surface area contributed by atoms with Crippen LogP contribution in [0.2, 0.25) is 5.02 Å². The number of anilines is 1. The first-order valence-corrected chi connectivity index (χ1v) is 8.81. The molecular formula is C20H22ClNO4. The van der Waals surface area contributed by atoms with Crippen molar-refractivity contribution in [3.8, 4) is 5.75 Å². The minimum absolute atomic E-state index is 0.00461. The van der Waals surface area contributed by atoms with Gasteiger partial charge in [-0.3, -0.25) is 9.59 Å². The summed E-state index contributed by atoms with van der Waals surface area (Å²) in [6, 6.07) is 14.0. The van der Waals surface area contributed by atoms with Crippen molar-refractivity contribution in [3.05, 3.63) is 59.1 Å². The molecule has 5 nitrogen and oxygen atoms in total. The van der Waals surface area contributed by atoms with Crippen LogP contribution in [0, 0.1) is 0 Å². The Morgan fingerprint density at radius 3 is 2.54 bits per heavy atom. The SMILES string of the molecule is CC(C)Oc1cccc(N(CCCC(=O)O)C(=O)c2ccccc2Cl)c1. The molecule has 0 spiro atoms. The molecular weight excluding hydrogens is 354 g/mol. The minimum Gasteiger partial charge on any atom is -0.491 e. The van der Waals surface area contributed by atoms with E-state index in [0.717, 1.165) is 0 Å². The lowest BCUT2D eigenvalue weighted by molar-refractivity contribution is -0.137. The van der Waals surface area contributed by atoms with Gasteiger partial charge in [0, 0.05) is 24.7 Å². The van der Waals surface area contributed by atoms with E-state index in [1.807, 2.05) is 19.9 Å². The summed E-state index contributed by atoms with van der Waals surface area (Å²) in [4.78, 5) is 25.4. The summed E-state index contributed by atoms with van der Waals surface area (Å²) in [6.45, 7) is 4.11. The number of hydrogen-bond donors (Lipinski definition) is 1. The van der Waals surface area contributed by atoms with Gasteiger partial charge >= 0.3 is 5.97 Å². The Kier molecular flexibility index (Phi) is 7.04. The average Bonchev–Trinajstić information content (AvgIpc) is 2.58. The standard InChI is InChI=1S/C20H22ClNO4/c1-14(2)26-16-8-5-7-15(13-16)22(12-6-11-19(23)24)20(25)17-9-3-4-10-18(17)21/h3-5,7-10,13-14H,6,11-12H2,1-2H3,(H,23,24). The second-order valence-corrected chi connectivity index (χ2v) is 6.51. The molecule has 0 unspecified atom stereocenters. The number of carbonyl (C=O) groups is 2. The summed E-state index contributed by atoms with van der Waals surface area (Å²) < 4.78 is 5.70. The number of ether oxygens (including phenoxy) is 1. The lowest BCUT2D eigenvalue weighted by Crippen LogP contribution is -2.32. The Morgan fingerprint density at radius 1 is 1.15 bits per heavy atom. The van der Waals surface area contributed by atoms with Crippen LogP contribution in [0.5, 0.6) is 5.75 Å². The Hall–Kier alpha value is -2.53. The molecule has 26 heavy (non-hydrogen) atoms. The van der Waals surface area contributed by atoms with Crippen molar-refractivity contribution < 1.29 is 19.4 Å². The summed E-state index contributed by atoms with van der Waals surface area (Å²) in [5.41, 5.74) is 1.01. The first kappa shape index (κ1) is 19.8. The quantitative estimate of drug-likeness (QED) is 0.729. The highest BCUT2D eigenvalue weighted by Gasteiger charge is 2.20. The van der Waals surface area contributed by atoms with Crippen molar-refractivity contribution in [3.63, 3.8) is 0 Å². The van der Waals surface area contributed by atoms with E-state index in [1.165, 1.54) is 4.90 Å². The molecule has 1 N–H and O–H groups in total. The average molecular weight is 376 g/mol. The normalized spacial score (nSPS) is 10.6. The molecule has 0 aromatic heterocycles. The van der Waals surface area contributed by atoms with Crippen LogP contribution in [0.4, 0.5) is 5.69 Å². The summed E-state index contributed by atoms with van der Waals surface area (Å²) in [5, 5.41) is 9.25. The Labute approximate surface area is 158 Å². The van der Waals surface area contributed by atoms with E-state index in [0.29, 0.717) is 28.4 Å². The lowest BCUT2D eigenvalue weighted by Gasteiger charge is -2.24. The number of benzene rings is 2. The Morgan fingerprint density at radius 2 is 1.88 bits per heavy atom. The summed E-state index contributed by atoms with van der Waals surface area (Å²) in [6.07, 6.45) is 0.319. The van der Waals surface area contributed by atoms with Gasteiger partial charge in [0.25, 0.3) is 5.91 Å². The van der Waals surface area contributed by atoms with Gasteiger partial charge in [-0.05, 0) is 44.5 Å². The highest BCUT2D eigenvalue weighted by molar-refractivity contribution is 6.34. The largest absolute Gasteiger partial charge is 0.491 e. The van der Waals surface area contributed by atoms with E-state index in [9.17, 15) is 9.59 Å². The molecule has 0 saturated heterocycles. The summed E-state index contributed by atoms with van der Waals surface area (Å²) in [5.74, 6) is -0.526. The van der Waals surface area contributed by atoms with Crippen LogP contribution in [0.1, 0.15) is 37.0 Å². The molecule has 0 bridgehead atoms. The van der Waals surface area contributed by atoms with Gasteiger partial charge in [-0.1, -0.05) is 29.8 Å². The van der Waals surface area contributed by atoms with Crippen molar-refractivity contribution in [2.75, 3.05) is 11.4 Å². The van der Waals surface area contributed by atoms with Gasteiger partial charge < -0.3 is 14.7 Å². The molecule has 1 amide bonds. The molecule has 0 atom stereocenters. The maximum Gasteiger partial charge on any atom is 0.303 e. The first-order valence-electron chi connectivity index (χ1n) is 8.43. The molecule has 2 aromatic carbocycles. The second kappa shape index (κ2) is 9.25. The number of halogens is 1. The fraction of sp³-hybridized carbons (Fsp3) is 0.300. The molecule has 0 aliphatic heterocycles. The Bertz CT molecular complexity index is 776. The number of carbonyl (C=O) groups excluding carboxylic acids is 1. The zero-order valence-corrected chi connectivity index (χ0v) is 15.6. The van der Waals surface area contributed by atoms with Gasteiger partial charge in [0.1, 0.15) is 5.75 Å². The highest BCUT2D eigenvalue weighted by atomic mass is 35.5. The predicted molar refractivity (Wildman–Crippen MR) is 102 cm³/mol. The smallest absolute Gasteiger partial charge is 0.303 e. The second-order valence-electron chi connectivity index (χ2n) is 6.10. The van der Waals surface area contributed by atoms with Gasteiger partial charge in [0.2, 0.25) is 0 Å². The maximum absolute atomic E-state index is 13.0. The van der Waals surface area contributed by atoms with Gasteiger partial charge in [-0.15, -0.1) is 0 Å². The molecule has 0 aliphatic rings. The fourth-order valence-electron chi connectivity index (χ4n) is 2.51. The third-order valence-corrected chi connectivity index (χ3v) is 3.95. The number of aliphatic carboxylic acids is 1. The van der Waals surface area contributed by atoms with Crippen molar-refractivity contribution in [1.29, 1.82) is 0 Å². The lowest BCUT2D eigenvalue weighted by atomic mass is 10.1. The number of amides is 1. The molecule has 2 aromatic rings.